The number of rotatable bonds is 2. The SMILES string of the molecule is Cc1cc2c(s1)CCCC1CC(=O)N(CN3CCN(C)CC3)N=C21. The maximum atomic E-state index is 12.6. The third-order valence-corrected chi connectivity index (χ3v) is 6.53. The number of nitrogens with zero attached hydrogens (tertiary/aromatic N) is 4. The van der Waals surface area contributed by atoms with Crippen LogP contribution in [0.1, 0.15) is 34.6 Å². The number of amides is 1. The molecule has 6 heteroatoms. The smallest absolute Gasteiger partial charge is 0.244 e. The summed E-state index contributed by atoms with van der Waals surface area (Å²) >= 11 is 1.90. The van der Waals surface area contributed by atoms with Crippen molar-refractivity contribution >= 4 is 23.0 Å². The van der Waals surface area contributed by atoms with Crippen molar-refractivity contribution in [2.24, 2.45) is 11.0 Å². The Bertz CT molecular complexity index is 660. The second-order valence-corrected chi connectivity index (χ2v) is 8.67. The largest absolute Gasteiger partial charge is 0.304 e. The van der Waals surface area contributed by atoms with Gasteiger partial charge in [0, 0.05) is 53.8 Å². The van der Waals surface area contributed by atoms with Crippen LogP contribution >= 0.6 is 11.3 Å². The molecule has 1 atom stereocenters. The standard InChI is InChI=1S/C18H26N4OS/c1-13-10-15-16(24-13)5-3-4-14-11-17(23)22(19-18(14)15)12-21-8-6-20(2)7-9-21/h10,14H,3-9,11-12H2,1-2H3. The van der Waals surface area contributed by atoms with Crippen molar-refractivity contribution in [3.63, 3.8) is 0 Å². The molecule has 1 fully saturated rings. The van der Waals surface area contributed by atoms with Gasteiger partial charge in [0.05, 0.1) is 12.4 Å². The molecule has 0 aromatic carbocycles. The summed E-state index contributed by atoms with van der Waals surface area (Å²) in [6.07, 6.45) is 4.02. The van der Waals surface area contributed by atoms with Crippen molar-refractivity contribution in [3.8, 4) is 0 Å². The van der Waals surface area contributed by atoms with Crippen molar-refractivity contribution in [3.05, 3.63) is 21.4 Å². The third kappa shape index (κ3) is 3.15. The van der Waals surface area contributed by atoms with Gasteiger partial charge in [-0.05, 0) is 39.3 Å². The van der Waals surface area contributed by atoms with Gasteiger partial charge in [0.2, 0.25) is 5.91 Å². The summed E-state index contributed by atoms with van der Waals surface area (Å²) in [6.45, 7) is 6.96. The lowest BCUT2D eigenvalue weighted by Crippen LogP contribution is -2.50. The summed E-state index contributed by atoms with van der Waals surface area (Å²) in [5.74, 6) is 0.509. The molecular weight excluding hydrogens is 320 g/mol. The summed E-state index contributed by atoms with van der Waals surface area (Å²) < 4.78 is 0. The van der Waals surface area contributed by atoms with E-state index in [9.17, 15) is 4.79 Å². The predicted molar refractivity (Wildman–Crippen MR) is 97.4 cm³/mol. The van der Waals surface area contributed by atoms with Crippen molar-refractivity contribution in [2.75, 3.05) is 39.9 Å². The maximum Gasteiger partial charge on any atom is 0.244 e. The van der Waals surface area contributed by atoms with E-state index in [0.717, 1.165) is 39.0 Å². The molecule has 4 rings (SSSR count). The zero-order valence-electron chi connectivity index (χ0n) is 14.6. The maximum absolute atomic E-state index is 12.6. The Morgan fingerprint density at radius 1 is 1.29 bits per heavy atom. The number of likely N-dealkylation sites (N-methyl/N-ethyl adjacent to an activating group) is 1. The second kappa shape index (κ2) is 6.58. The molecule has 5 nitrogen and oxygen atoms in total. The molecule has 130 valence electrons. The fraction of sp³-hybridized carbons (Fsp3) is 0.667. The third-order valence-electron chi connectivity index (χ3n) is 5.42. The Morgan fingerprint density at radius 2 is 2.08 bits per heavy atom. The Hall–Kier alpha value is -1.24. The van der Waals surface area contributed by atoms with Crippen molar-refractivity contribution in [2.45, 2.75) is 32.6 Å². The van der Waals surface area contributed by atoms with Crippen LogP contribution in [-0.2, 0) is 11.2 Å². The number of piperazine rings is 1. The summed E-state index contributed by atoms with van der Waals surface area (Å²) in [7, 11) is 2.15. The lowest BCUT2D eigenvalue weighted by molar-refractivity contribution is -0.135. The monoisotopic (exact) mass is 346 g/mol. The summed E-state index contributed by atoms with van der Waals surface area (Å²) in [5.41, 5.74) is 2.48. The molecule has 0 bridgehead atoms. The first-order chi connectivity index (χ1) is 11.6. The fourth-order valence-corrected chi connectivity index (χ4v) is 5.04. The van der Waals surface area contributed by atoms with Crippen molar-refractivity contribution in [1.29, 1.82) is 0 Å². The molecule has 1 unspecified atom stereocenters. The fourth-order valence-electron chi connectivity index (χ4n) is 3.96. The molecule has 2 aliphatic heterocycles. The molecule has 3 aliphatic rings. The Balaban J connectivity index is 1.58. The average molecular weight is 347 g/mol. The highest BCUT2D eigenvalue weighted by molar-refractivity contribution is 7.12. The lowest BCUT2D eigenvalue weighted by atomic mass is 9.91. The topological polar surface area (TPSA) is 39.2 Å². The van der Waals surface area contributed by atoms with E-state index in [-0.39, 0.29) is 5.91 Å². The van der Waals surface area contributed by atoms with Crippen molar-refractivity contribution < 1.29 is 4.79 Å². The first-order valence-electron chi connectivity index (χ1n) is 8.99. The van der Waals surface area contributed by atoms with E-state index in [1.807, 2.05) is 11.3 Å². The van der Waals surface area contributed by atoms with E-state index in [1.165, 1.54) is 27.5 Å². The first-order valence-corrected chi connectivity index (χ1v) is 9.81. The van der Waals surface area contributed by atoms with Crippen LogP contribution in [0.15, 0.2) is 11.2 Å². The first kappa shape index (κ1) is 16.2. The molecular formula is C18H26N4OS. The zero-order chi connectivity index (χ0) is 16.7. The molecule has 1 saturated heterocycles. The Kier molecular flexibility index (Phi) is 4.45. The Morgan fingerprint density at radius 3 is 2.88 bits per heavy atom. The molecule has 3 heterocycles. The van der Waals surface area contributed by atoms with Crippen LogP contribution in [0.2, 0.25) is 0 Å². The minimum absolute atomic E-state index is 0.193. The highest BCUT2D eigenvalue weighted by Gasteiger charge is 2.34. The van der Waals surface area contributed by atoms with Gasteiger partial charge >= 0.3 is 0 Å². The average Bonchev–Trinajstić information content (AvgIpc) is 2.85. The number of carbonyl (C=O) groups is 1. The number of thiophene rings is 1. The molecule has 1 aromatic rings. The summed E-state index contributed by atoms with van der Waals surface area (Å²) in [6, 6.07) is 2.28. The van der Waals surface area contributed by atoms with Crippen LogP contribution < -0.4 is 0 Å². The van der Waals surface area contributed by atoms with Gasteiger partial charge < -0.3 is 4.90 Å². The minimum Gasteiger partial charge on any atom is -0.304 e. The Labute approximate surface area is 147 Å². The molecule has 0 N–H and O–H groups in total. The molecule has 1 aromatic heterocycles. The van der Waals surface area contributed by atoms with E-state index < -0.39 is 0 Å². The van der Waals surface area contributed by atoms with Crippen LogP contribution in [0.25, 0.3) is 0 Å². The molecule has 24 heavy (non-hydrogen) atoms. The van der Waals surface area contributed by atoms with E-state index in [0.29, 0.717) is 19.0 Å². The van der Waals surface area contributed by atoms with Crippen LogP contribution in [0.3, 0.4) is 0 Å². The van der Waals surface area contributed by atoms with Gasteiger partial charge in [-0.2, -0.15) is 5.10 Å². The van der Waals surface area contributed by atoms with Gasteiger partial charge in [-0.25, -0.2) is 5.01 Å². The molecule has 0 radical (unpaired) electrons. The summed E-state index contributed by atoms with van der Waals surface area (Å²) in [4.78, 5) is 20.1. The number of hydrogen-bond acceptors (Lipinski definition) is 5. The van der Waals surface area contributed by atoms with Crippen LogP contribution in [0, 0.1) is 12.8 Å². The highest BCUT2D eigenvalue weighted by Crippen LogP contribution is 2.35. The number of hydrogen-bond donors (Lipinski definition) is 0. The lowest BCUT2D eigenvalue weighted by Gasteiger charge is -2.36. The van der Waals surface area contributed by atoms with Gasteiger partial charge in [-0.1, -0.05) is 0 Å². The minimum atomic E-state index is 0.193. The molecule has 1 aliphatic carbocycles. The van der Waals surface area contributed by atoms with E-state index >= 15 is 0 Å². The van der Waals surface area contributed by atoms with Gasteiger partial charge in [-0.3, -0.25) is 9.69 Å². The van der Waals surface area contributed by atoms with E-state index in [2.05, 4.69) is 29.8 Å². The number of fused-ring (bicyclic) bond motifs is 3. The number of hydrazone groups is 1. The van der Waals surface area contributed by atoms with E-state index in [4.69, 9.17) is 5.10 Å². The zero-order valence-corrected chi connectivity index (χ0v) is 15.4. The number of aryl methyl sites for hydroxylation is 2. The van der Waals surface area contributed by atoms with Crippen LogP contribution in [-0.4, -0.2) is 66.3 Å². The number of carbonyl (C=O) groups excluding carboxylic acids is 1. The highest BCUT2D eigenvalue weighted by atomic mass is 32.1. The van der Waals surface area contributed by atoms with Gasteiger partial charge in [0.15, 0.2) is 0 Å². The van der Waals surface area contributed by atoms with Crippen LogP contribution in [0.4, 0.5) is 0 Å². The molecule has 0 spiro atoms. The normalized spacial score (nSPS) is 25.9. The molecule has 0 saturated carbocycles. The van der Waals surface area contributed by atoms with Crippen molar-refractivity contribution in [1.82, 2.24) is 14.8 Å². The van der Waals surface area contributed by atoms with Gasteiger partial charge in [0.25, 0.3) is 0 Å². The van der Waals surface area contributed by atoms with Crippen LogP contribution in [0.5, 0.6) is 0 Å². The molecule has 1 amide bonds. The second-order valence-electron chi connectivity index (χ2n) is 7.33. The van der Waals surface area contributed by atoms with Gasteiger partial charge in [-0.15, -0.1) is 11.3 Å². The van der Waals surface area contributed by atoms with E-state index in [1.54, 1.807) is 5.01 Å². The van der Waals surface area contributed by atoms with Gasteiger partial charge in [0.1, 0.15) is 0 Å². The predicted octanol–water partition coefficient (Wildman–Crippen LogP) is 2.15. The quantitative estimate of drug-likeness (QED) is 0.824. The summed E-state index contributed by atoms with van der Waals surface area (Å²) in [5, 5.41) is 6.60.